The number of nitrogens with zero attached hydrogens (tertiary/aromatic N) is 1. The Morgan fingerprint density at radius 2 is 1.66 bits per heavy atom. The summed E-state index contributed by atoms with van der Waals surface area (Å²) in [6.07, 6.45) is 4.06. The molecule has 1 heterocycles. The van der Waals surface area contributed by atoms with Gasteiger partial charge in [0.15, 0.2) is 11.7 Å². The standard InChI is InChI=1S/C29H27NO4.Na/c31-27(32)19-33-24-15-7-13-22(17-24)25-16-8-14-23(25)18-26-30-28(20-9-3-1-4-10-20)29(34-26)21-11-5-2-6-12-21;/h1-7,9-13,15,17,23,25H,8,14,16,18-19H2,(H,31,32);/q;+1/p-1. The van der Waals surface area contributed by atoms with Gasteiger partial charge in [-0.05, 0) is 42.4 Å². The van der Waals surface area contributed by atoms with Gasteiger partial charge in [0.2, 0.25) is 0 Å². The van der Waals surface area contributed by atoms with E-state index in [0.29, 0.717) is 17.6 Å². The zero-order valence-electron chi connectivity index (χ0n) is 19.9. The topological polar surface area (TPSA) is 75.4 Å². The van der Waals surface area contributed by atoms with Crippen LogP contribution in [0, 0.1) is 5.92 Å². The summed E-state index contributed by atoms with van der Waals surface area (Å²) in [4.78, 5) is 15.7. The Hall–Kier alpha value is -2.86. The molecule has 0 radical (unpaired) electrons. The van der Waals surface area contributed by atoms with Crippen molar-refractivity contribution in [2.45, 2.75) is 31.6 Å². The fourth-order valence-corrected chi connectivity index (χ4v) is 4.95. The number of ether oxygens (including phenoxy) is 1. The Bertz CT molecular complexity index is 1200. The van der Waals surface area contributed by atoms with Gasteiger partial charge in [-0.1, -0.05) is 79.2 Å². The third-order valence-corrected chi connectivity index (χ3v) is 6.49. The van der Waals surface area contributed by atoms with E-state index in [1.54, 1.807) is 6.07 Å². The van der Waals surface area contributed by atoms with Gasteiger partial charge in [0, 0.05) is 17.5 Å². The molecule has 0 aliphatic heterocycles. The second-order valence-electron chi connectivity index (χ2n) is 8.75. The zero-order valence-corrected chi connectivity index (χ0v) is 21.9. The van der Waals surface area contributed by atoms with Crippen molar-refractivity contribution in [1.29, 1.82) is 0 Å². The van der Waals surface area contributed by atoms with Crippen molar-refractivity contribution in [3.05, 3.63) is 96.4 Å². The van der Waals surface area contributed by atoms with Gasteiger partial charge < -0.3 is 19.1 Å². The minimum absolute atomic E-state index is 0. The third-order valence-electron chi connectivity index (χ3n) is 6.49. The van der Waals surface area contributed by atoms with Gasteiger partial charge in [0.25, 0.3) is 0 Å². The summed E-state index contributed by atoms with van der Waals surface area (Å²) < 4.78 is 11.7. The molecule has 1 aliphatic rings. The van der Waals surface area contributed by atoms with Crippen molar-refractivity contribution in [3.63, 3.8) is 0 Å². The number of aliphatic carboxylic acids is 1. The van der Waals surface area contributed by atoms with E-state index in [1.807, 2.05) is 60.7 Å². The van der Waals surface area contributed by atoms with Crippen molar-refractivity contribution >= 4 is 5.97 Å². The van der Waals surface area contributed by atoms with E-state index < -0.39 is 12.6 Å². The van der Waals surface area contributed by atoms with Crippen LogP contribution in [0.5, 0.6) is 5.75 Å². The molecule has 1 saturated carbocycles. The number of carboxylic acid groups (broad SMARTS) is 1. The van der Waals surface area contributed by atoms with Crippen LogP contribution in [0.4, 0.5) is 0 Å². The van der Waals surface area contributed by atoms with E-state index in [0.717, 1.165) is 59.7 Å². The van der Waals surface area contributed by atoms with Crippen molar-refractivity contribution < 1.29 is 48.6 Å². The summed E-state index contributed by atoms with van der Waals surface area (Å²) in [5, 5.41) is 10.8. The molecular formula is C29H26NNaO4. The third kappa shape index (κ3) is 6.04. The molecule has 172 valence electrons. The normalized spacial score (nSPS) is 17.0. The first-order valence-corrected chi connectivity index (χ1v) is 11.7. The maximum atomic E-state index is 10.8. The Labute approximate surface area is 227 Å². The predicted octanol–water partition coefficient (Wildman–Crippen LogP) is 2.27. The Morgan fingerprint density at radius 1 is 0.943 bits per heavy atom. The molecule has 0 spiro atoms. The maximum Gasteiger partial charge on any atom is 1.00 e. The number of hydrogen-bond acceptors (Lipinski definition) is 5. The van der Waals surface area contributed by atoms with Gasteiger partial charge in [0.1, 0.15) is 18.1 Å². The predicted molar refractivity (Wildman–Crippen MR) is 128 cm³/mol. The minimum atomic E-state index is -1.23. The number of hydrogen-bond donors (Lipinski definition) is 0. The zero-order chi connectivity index (χ0) is 23.3. The van der Waals surface area contributed by atoms with Crippen LogP contribution in [-0.4, -0.2) is 17.6 Å². The molecule has 3 aromatic carbocycles. The van der Waals surface area contributed by atoms with E-state index in [1.165, 1.54) is 0 Å². The van der Waals surface area contributed by atoms with E-state index in [9.17, 15) is 9.90 Å². The van der Waals surface area contributed by atoms with Crippen LogP contribution >= 0.6 is 0 Å². The fraction of sp³-hybridized carbons (Fsp3) is 0.241. The molecule has 2 atom stereocenters. The van der Waals surface area contributed by atoms with Crippen LogP contribution in [0.3, 0.4) is 0 Å². The van der Waals surface area contributed by atoms with Gasteiger partial charge in [-0.15, -0.1) is 0 Å². The second kappa shape index (κ2) is 11.7. The molecule has 5 nitrogen and oxygen atoms in total. The van der Waals surface area contributed by atoms with Crippen molar-refractivity contribution in [1.82, 2.24) is 4.98 Å². The first-order valence-electron chi connectivity index (χ1n) is 11.7. The summed E-state index contributed by atoms with van der Waals surface area (Å²) in [5.41, 5.74) is 4.09. The molecule has 5 rings (SSSR count). The number of rotatable bonds is 8. The van der Waals surface area contributed by atoms with Gasteiger partial charge in [-0.3, -0.25) is 0 Å². The van der Waals surface area contributed by atoms with E-state index >= 15 is 0 Å². The fourth-order valence-electron chi connectivity index (χ4n) is 4.95. The SMILES string of the molecule is O=C([O-])COc1cccc(C2CCCC2Cc2nc(-c3ccccc3)c(-c3ccccc3)o2)c1.[Na+]. The first-order chi connectivity index (χ1) is 16.7. The molecule has 1 fully saturated rings. The summed E-state index contributed by atoms with van der Waals surface area (Å²) in [7, 11) is 0. The van der Waals surface area contributed by atoms with Crippen molar-refractivity contribution in [2.75, 3.05) is 6.61 Å². The molecule has 4 aromatic rings. The molecule has 0 bridgehead atoms. The van der Waals surface area contributed by atoms with Crippen LogP contribution in [-0.2, 0) is 11.2 Å². The van der Waals surface area contributed by atoms with Crippen LogP contribution in [0.1, 0.15) is 36.6 Å². The van der Waals surface area contributed by atoms with Crippen LogP contribution < -0.4 is 39.4 Å². The Balaban J connectivity index is 0.00000289. The molecular weight excluding hydrogens is 449 g/mol. The van der Waals surface area contributed by atoms with E-state index in [4.69, 9.17) is 14.1 Å². The smallest absolute Gasteiger partial charge is 0.546 e. The number of oxazole rings is 1. The number of carbonyl (C=O) groups excluding carboxylic acids is 1. The van der Waals surface area contributed by atoms with E-state index in [2.05, 4.69) is 18.2 Å². The summed E-state index contributed by atoms with van der Waals surface area (Å²) in [5.74, 6) is 1.62. The Morgan fingerprint density at radius 3 is 2.37 bits per heavy atom. The van der Waals surface area contributed by atoms with Crippen LogP contribution in [0.25, 0.3) is 22.6 Å². The first kappa shape index (κ1) is 25.2. The summed E-state index contributed by atoms with van der Waals surface area (Å²) in [6.45, 7) is -0.446. The van der Waals surface area contributed by atoms with Crippen molar-refractivity contribution in [2.24, 2.45) is 5.92 Å². The largest absolute Gasteiger partial charge is 1.00 e. The Kier molecular flexibility index (Phi) is 8.45. The van der Waals surface area contributed by atoms with Crippen LogP contribution in [0.15, 0.2) is 89.3 Å². The molecule has 2 unspecified atom stereocenters. The van der Waals surface area contributed by atoms with Gasteiger partial charge >= 0.3 is 29.6 Å². The molecule has 35 heavy (non-hydrogen) atoms. The molecule has 0 amide bonds. The average molecular weight is 476 g/mol. The van der Waals surface area contributed by atoms with Gasteiger partial charge in [-0.25, -0.2) is 4.98 Å². The van der Waals surface area contributed by atoms with Gasteiger partial charge in [0.05, 0.1) is 5.97 Å². The monoisotopic (exact) mass is 475 g/mol. The number of aromatic nitrogens is 1. The van der Waals surface area contributed by atoms with E-state index in [-0.39, 0.29) is 29.6 Å². The maximum absolute atomic E-state index is 10.8. The summed E-state index contributed by atoms with van der Waals surface area (Å²) >= 11 is 0. The molecule has 1 aromatic heterocycles. The minimum Gasteiger partial charge on any atom is -0.546 e. The average Bonchev–Trinajstić information content (AvgIpc) is 3.52. The van der Waals surface area contributed by atoms with Crippen molar-refractivity contribution in [3.8, 4) is 28.3 Å². The molecule has 0 saturated heterocycles. The molecule has 6 heteroatoms. The van der Waals surface area contributed by atoms with Gasteiger partial charge in [-0.2, -0.15) is 0 Å². The second-order valence-corrected chi connectivity index (χ2v) is 8.75. The quantitative estimate of drug-likeness (QED) is 0.366. The summed E-state index contributed by atoms with van der Waals surface area (Å²) in [6, 6.07) is 28.0. The molecule has 1 aliphatic carbocycles. The number of carboxylic acids is 1. The molecule has 0 N–H and O–H groups in total. The number of benzene rings is 3. The van der Waals surface area contributed by atoms with Crippen LogP contribution in [0.2, 0.25) is 0 Å². The number of carbonyl (C=O) groups is 1.